The van der Waals surface area contributed by atoms with Gasteiger partial charge in [-0.05, 0) is 42.3 Å². The molecule has 0 bridgehead atoms. The van der Waals surface area contributed by atoms with E-state index >= 15 is 0 Å². The van der Waals surface area contributed by atoms with Gasteiger partial charge in [0.25, 0.3) is 5.91 Å². The Balaban J connectivity index is 1.82. The summed E-state index contributed by atoms with van der Waals surface area (Å²) in [5.41, 5.74) is 2.26. The average Bonchev–Trinajstić information content (AvgIpc) is 2.69. The van der Waals surface area contributed by atoms with Crippen molar-refractivity contribution in [1.82, 2.24) is 10.6 Å². The zero-order valence-corrected chi connectivity index (χ0v) is 15.2. The molecular weight excluding hydrogens is 330 g/mol. The van der Waals surface area contributed by atoms with Gasteiger partial charge in [0.05, 0.1) is 13.7 Å². The third-order valence-electron chi connectivity index (χ3n) is 3.74. The molecule has 0 aliphatic heterocycles. The van der Waals surface area contributed by atoms with Gasteiger partial charge in [-0.25, -0.2) is 0 Å². The van der Waals surface area contributed by atoms with Crippen LogP contribution in [0.2, 0.25) is 0 Å². The lowest BCUT2D eigenvalue weighted by molar-refractivity contribution is -0.119. The van der Waals surface area contributed by atoms with Gasteiger partial charge in [0.1, 0.15) is 5.75 Å². The summed E-state index contributed by atoms with van der Waals surface area (Å²) in [6.07, 6.45) is 0.886. The van der Waals surface area contributed by atoms with Crippen molar-refractivity contribution in [2.75, 3.05) is 25.5 Å². The van der Waals surface area contributed by atoms with Gasteiger partial charge in [-0.1, -0.05) is 25.1 Å². The lowest BCUT2D eigenvalue weighted by Gasteiger charge is -2.10. The molecule has 0 spiro atoms. The molecule has 2 amide bonds. The molecular formula is C20H25N3O3. The molecule has 0 aromatic heterocycles. The number of methoxy groups -OCH3 is 1. The average molecular weight is 355 g/mol. The molecule has 2 aromatic carbocycles. The number of carbonyl (C=O) groups excluding carboxylic acids is 2. The Bertz CT molecular complexity index is 747. The predicted octanol–water partition coefficient (Wildman–Crippen LogP) is 2.56. The van der Waals surface area contributed by atoms with Crippen LogP contribution >= 0.6 is 0 Å². The van der Waals surface area contributed by atoms with E-state index in [4.69, 9.17) is 4.74 Å². The molecule has 0 saturated heterocycles. The number of carbonyl (C=O) groups is 2. The topological polar surface area (TPSA) is 79.5 Å². The van der Waals surface area contributed by atoms with E-state index < -0.39 is 0 Å². The highest BCUT2D eigenvalue weighted by molar-refractivity contribution is 5.95. The van der Waals surface area contributed by atoms with Crippen molar-refractivity contribution >= 4 is 17.5 Å². The van der Waals surface area contributed by atoms with Crippen molar-refractivity contribution in [2.24, 2.45) is 0 Å². The molecule has 0 radical (unpaired) electrons. The normalized spacial score (nSPS) is 10.1. The van der Waals surface area contributed by atoms with E-state index in [2.05, 4.69) is 16.0 Å². The molecule has 2 rings (SSSR count). The molecule has 26 heavy (non-hydrogen) atoms. The Morgan fingerprint density at radius 1 is 1.04 bits per heavy atom. The van der Waals surface area contributed by atoms with Gasteiger partial charge >= 0.3 is 0 Å². The monoisotopic (exact) mass is 355 g/mol. The first-order valence-corrected chi connectivity index (χ1v) is 8.64. The van der Waals surface area contributed by atoms with Crippen molar-refractivity contribution in [3.05, 3.63) is 59.7 Å². The summed E-state index contributed by atoms with van der Waals surface area (Å²) in [6.45, 7) is 3.20. The Morgan fingerprint density at radius 3 is 2.62 bits per heavy atom. The highest BCUT2D eigenvalue weighted by Gasteiger charge is 2.06. The molecule has 0 aliphatic rings. The molecule has 3 N–H and O–H groups in total. The van der Waals surface area contributed by atoms with Crippen LogP contribution in [0.25, 0.3) is 0 Å². The fourth-order valence-electron chi connectivity index (χ4n) is 2.34. The van der Waals surface area contributed by atoms with Crippen molar-refractivity contribution in [3.63, 3.8) is 0 Å². The SMILES string of the molecule is CCCNC(=O)c1cccc(NCC(=O)NCc2cccc(OC)c2)c1. The number of benzene rings is 2. The molecule has 6 nitrogen and oxygen atoms in total. The minimum absolute atomic E-state index is 0.113. The third-order valence-corrected chi connectivity index (χ3v) is 3.74. The number of hydrogen-bond donors (Lipinski definition) is 3. The zero-order valence-electron chi connectivity index (χ0n) is 15.2. The molecule has 138 valence electrons. The van der Waals surface area contributed by atoms with Crippen LogP contribution in [0.1, 0.15) is 29.3 Å². The van der Waals surface area contributed by atoms with Crippen molar-refractivity contribution < 1.29 is 14.3 Å². The van der Waals surface area contributed by atoms with Crippen LogP contribution in [-0.2, 0) is 11.3 Å². The van der Waals surface area contributed by atoms with Gasteiger partial charge in [0.2, 0.25) is 5.91 Å². The van der Waals surface area contributed by atoms with E-state index in [1.54, 1.807) is 25.3 Å². The van der Waals surface area contributed by atoms with Crippen molar-refractivity contribution in [2.45, 2.75) is 19.9 Å². The molecule has 2 aromatic rings. The Hall–Kier alpha value is -3.02. The summed E-state index contributed by atoms with van der Waals surface area (Å²) in [5.74, 6) is 0.514. The first-order valence-electron chi connectivity index (χ1n) is 8.64. The third kappa shape index (κ3) is 6.12. The maximum absolute atomic E-state index is 12.0. The number of rotatable bonds is 9. The number of hydrogen-bond acceptors (Lipinski definition) is 4. The number of anilines is 1. The van der Waals surface area contributed by atoms with Gasteiger partial charge in [-0.3, -0.25) is 9.59 Å². The summed E-state index contributed by atoms with van der Waals surface area (Å²) in [6, 6.07) is 14.6. The summed E-state index contributed by atoms with van der Waals surface area (Å²) < 4.78 is 5.16. The van der Waals surface area contributed by atoms with Crippen LogP contribution in [0.3, 0.4) is 0 Å². The van der Waals surface area contributed by atoms with Crippen LogP contribution in [0.5, 0.6) is 5.75 Å². The van der Waals surface area contributed by atoms with E-state index in [9.17, 15) is 9.59 Å². The summed E-state index contributed by atoms with van der Waals surface area (Å²) in [7, 11) is 1.61. The maximum Gasteiger partial charge on any atom is 0.251 e. The molecule has 6 heteroatoms. The second-order valence-electron chi connectivity index (χ2n) is 5.82. The lowest BCUT2D eigenvalue weighted by Crippen LogP contribution is -2.29. The first-order chi connectivity index (χ1) is 12.6. The van der Waals surface area contributed by atoms with E-state index in [1.807, 2.05) is 37.3 Å². The smallest absolute Gasteiger partial charge is 0.251 e. The van der Waals surface area contributed by atoms with E-state index in [-0.39, 0.29) is 18.4 Å². The van der Waals surface area contributed by atoms with Gasteiger partial charge in [-0.2, -0.15) is 0 Å². The molecule has 0 atom stereocenters. The quantitative estimate of drug-likeness (QED) is 0.646. The first kappa shape index (κ1) is 19.3. The Kier molecular flexibility index (Phi) is 7.49. The molecule has 0 aliphatic carbocycles. The van der Waals surface area contributed by atoms with Crippen molar-refractivity contribution in [3.8, 4) is 5.75 Å². The van der Waals surface area contributed by atoms with Crippen LogP contribution in [-0.4, -0.2) is 32.0 Å². The van der Waals surface area contributed by atoms with Gasteiger partial charge in [-0.15, -0.1) is 0 Å². The molecule has 0 fully saturated rings. The molecule has 0 unspecified atom stereocenters. The minimum atomic E-state index is -0.131. The van der Waals surface area contributed by atoms with Gasteiger partial charge in [0.15, 0.2) is 0 Å². The predicted molar refractivity (Wildman–Crippen MR) is 102 cm³/mol. The zero-order chi connectivity index (χ0) is 18.8. The highest BCUT2D eigenvalue weighted by Crippen LogP contribution is 2.12. The van der Waals surface area contributed by atoms with Crippen LogP contribution in [0, 0.1) is 0 Å². The Morgan fingerprint density at radius 2 is 1.85 bits per heavy atom. The standard InChI is InChI=1S/C20H25N3O3/c1-3-10-21-20(25)16-7-5-8-17(12-16)22-14-19(24)23-13-15-6-4-9-18(11-15)26-2/h4-9,11-12,22H,3,10,13-14H2,1-2H3,(H,21,25)(H,23,24). The second-order valence-corrected chi connectivity index (χ2v) is 5.82. The van der Waals surface area contributed by atoms with Crippen molar-refractivity contribution in [1.29, 1.82) is 0 Å². The summed E-state index contributed by atoms with van der Waals surface area (Å²) in [5, 5.41) is 8.72. The van der Waals surface area contributed by atoms with Crippen LogP contribution in [0.15, 0.2) is 48.5 Å². The highest BCUT2D eigenvalue weighted by atomic mass is 16.5. The Labute approximate surface area is 153 Å². The van der Waals surface area contributed by atoms with Gasteiger partial charge < -0.3 is 20.7 Å². The summed E-state index contributed by atoms with van der Waals surface area (Å²) >= 11 is 0. The molecule has 0 heterocycles. The number of amides is 2. The fourth-order valence-corrected chi connectivity index (χ4v) is 2.34. The van der Waals surface area contributed by atoms with E-state index in [1.165, 1.54) is 0 Å². The molecule has 0 saturated carbocycles. The fraction of sp³-hybridized carbons (Fsp3) is 0.300. The summed E-state index contributed by atoms with van der Waals surface area (Å²) in [4.78, 5) is 24.0. The maximum atomic E-state index is 12.0. The van der Waals surface area contributed by atoms with Gasteiger partial charge in [0, 0.05) is 24.3 Å². The second kappa shape index (κ2) is 10.1. The largest absolute Gasteiger partial charge is 0.497 e. The van der Waals surface area contributed by atoms with Crippen LogP contribution < -0.4 is 20.7 Å². The van der Waals surface area contributed by atoms with E-state index in [0.29, 0.717) is 18.7 Å². The minimum Gasteiger partial charge on any atom is -0.497 e. The number of ether oxygens (including phenoxy) is 1. The number of nitrogens with one attached hydrogen (secondary N) is 3. The van der Waals surface area contributed by atoms with Crippen LogP contribution in [0.4, 0.5) is 5.69 Å². The lowest BCUT2D eigenvalue weighted by atomic mass is 10.2. The van der Waals surface area contributed by atoms with E-state index in [0.717, 1.165) is 23.4 Å².